The molecule has 7 nitrogen and oxygen atoms in total. The Morgan fingerprint density at radius 1 is 1.03 bits per heavy atom. The van der Waals surface area contributed by atoms with E-state index >= 15 is 0 Å². The van der Waals surface area contributed by atoms with Crippen molar-refractivity contribution >= 4 is 21.6 Å². The van der Waals surface area contributed by atoms with E-state index in [-0.39, 0.29) is 10.8 Å². The molecule has 2 aromatic rings. The van der Waals surface area contributed by atoms with Crippen LogP contribution in [-0.4, -0.2) is 62.9 Å². The lowest BCUT2D eigenvalue weighted by Gasteiger charge is -2.31. The fraction of sp³-hybridized carbons (Fsp3) is 0.381. The highest BCUT2D eigenvalue weighted by Crippen LogP contribution is 2.20. The number of anilines is 1. The summed E-state index contributed by atoms with van der Waals surface area (Å²) in [6.45, 7) is 4.26. The summed E-state index contributed by atoms with van der Waals surface area (Å²) < 4.78 is 32.8. The molecule has 3 rings (SSSR count). The highest BCUT2D eigenvalue weighted by molar-refractivity contribution is 7.89. The Kier molecular flexibility index (Phi) is 6.89. The minimum atomic E-state index is -3.52. The van der Waals surface area contributed by atoms with Gasteiger partial charge in [0.25, 0.3) is 5.91 Å². The summed E-state index contributed by atoms with van der Waals surface area (Å²) in [7, 11) is -1.54. The SMILES string of the molecule is CC[C@@H](Oc1ccccc1)C(=O)Nc1ccc(S(=O)(=O)N2CCN(C)CC2)cc1. The molecule has 0 unspecified atom stereocenters. The molecule has 0 saturated carbocycles. The van der Waals surface area contributed by atoms with Crippen LogP contribution in [-0.2, 0) is 14.8 Å². The Bertz CT molecular complexity index is 909. The average molecular weight is 418 g/mol. The van der Waals surface area contributed by atoms with Crippen molar-refractivity contribution in [1.82, 2.24) is 9.21 Å². The molecule has 2 aromatic carbocycles. The van der Waals surface area contributed by atoms with Gasteiger partial charge in [-0.3, -0.25) is 4.79 Å². The number of carbonyl (C=O) groups excluding carboxylic acids is 1. The number of nitrogens with one attached hydrogen (secondary N) is 1. The van der Waals surface area contributed by atoms with Gasteiger partial charge in [-0.25, -0.2) is 8.42 Å². The minimum absolute atomic E-state index is 0.229. The van der Waals surface area contributed by atoms with Crippen LogP contribution in [0.2, 0.25) is 0 Å². The molecule has 0 radical (unpaired) electrons. The molecule has 0 spiro atoms. The lowest BCUT2D eigenvalue weighted by atomic mass is 10.2. The summed E-state index contributed by atoms with van der Waals surface area (Å²) >= 11 is 0. The number of sulfonamides is 1. The summed E-state index contributed by atoms with van der Waals surface area (Å²) in [6.07, 6.45) is -0.123. The van der Waals surface area contributed by atoms with Crippen molar-refractivity contribution in [3.63, 3.8) is 0 Å². The van der Waals surface area contributed by atoms with Gasteiger partial charge < -0.3 is 15.0 Å². The molecule has 1 atom stereocenters. The van der Waals surface area contributed by atoms with E-state index in [4.69, 9.17) is 4.74 Å². The Labute approximate surface area is 172 Å². The maximum atomic E-state index is 12.8. The largest absolute Gasteiger partial charge is 0.481 e. The van der Waals surface area contributed by atoms with Gasteiger partial charge in [-0.1, -0.05) is 25.1 Å². The lowest BCUT2D eigenvalue weighted by molar-refractivity contribution is -0.122. The minimum Gasteiger partial charge on any atom is -0.481 e. The van der Waals surface area contributed by atoms with Crippen LogP contribution >= 0.6 is 0 Å². The van der Waals surface area contributed by atoms with E-state index in [0.29, 0.717) is 44.0 Å². The number of benzene rings is 2. The predicted octanol–water partition coefficient (Wildman–Crippen LogP) is 2.42. The summed E-state index contributed by atoms with van der Waals surface area (Å²) in [5, 5.41) is 2.80. The van der Waals surface area contributed by atoms with E-state index in [9.17, 15) is 13.2 Å². The van der Waals surface area contributed by atoms with Gasteiger partial charge in [0, 0.05) is 31.9 Å². The summed E-state index contributed by atoms with van der Waals surface area (Å²) in [6, 6.07) is 15.4. The first-order valence-electron chi connectivity index (χ1n) is 9.71. The molecule has 0 bridgehead atoms. The number of amides is 1. The van der Waals surface area contributed by atoms with Gasteiger partial charge in [-0.15, -0.1) is 0 Å². The van der Waals surface area contributed by atoms with Gasteiger partial charge in [0.15, 0.2) is 6.10 Å². The monoisotopic (exact) mass is 417 g/mol. The van der Waals surface area contributed by atoms with Crippen LogP contribution in [0.25, 0.3) is 0 Å². The van der Waals surface area contributed by atoms with Gasteiger partial charge in [-0.05, 0) is 49.9 Å². The van der Waals surface area contributed by atoms with Crippen molar-refractivity contribution in [2.75, 3.05) is 38.5 Å². The second-order valence-electron chi connectivity index (χ2n) is 7.05. The van der Waals surface area contributed by atoms with E-state index in [2.05, 4.69) is 10.2 Å². The van der Waals surface area contributed by atoms with Gasteiger partial charge in [0.05, 0.1) is 4.90 Å². The number of piperazine rings is 1. The first-order chi connectivity index (χ1) is 13.9. The molecular formula is C21H27N3O4S. The van der Waals surface area contributed by atoms with E-state index < -0.39 is 16.1 Å². The van der Waals surface area contributed by atoms with E-state index in [1.165, 1.54) is 16.4 Å². The van der Waals surface area contributed by atoms with E-state index in [1.807, 2.05) is 32.2 Å². The van der Waals surface area contributed by atoms with Crippen LogP contribution in [0.4, 0.5) is 5.69 Å². The fourth-order valence-electron chi connectivity index (χ4n) is 3.10. The van der Waals surface area contributed by atoms with Gasteiger partial charge in [0.1, 0.15) is 5.75 Å². The fourth-order valence-corrected chi connectivity index (χ4v) is 4.52. The van der Waals surface area contributed by atoms with Gasteiger partial charge >= 0.3 is 0 Å². The first kappa shape index (κ1) is 21.3. The number of likely N-dealkylation sites (N-methyl/N-ethyl adjacent to an activating group) is 1. The van der Waals surface area contributed by atoms with Crippen LogP contribution < -0.4 is 10.1 Å². The number of ether oxygens (including phenoxy) is 1. The molecular weight excluding hydrogens is 390 g/mol. The number of carbonyl (C=O) groups is 1. The molecule has 1 aliphatic heterocycles. The zero-order valence-corrected chi connectivity index (χ0v) is 17.6. The average Bonchev–Trinajstić information content (AvgIpc) is 2.73. The Balaban J connectivity index is 1.64. The number of rotatable bonds is 7. The molecule has 29 heavy (non-hydrogen) atoms. The number of hydrogen-bond donors (Lipinski definition) is 1. The second-order valence-corrected chi connectivity index (χ2v) is 8.99. The third kappa shape index (κ3) is 5.35. The number of para-hydroxylation sites is 1. The van der Waals surface area contributed by atoms with Crippen molar-refractivity contribution in [3.8, 4) is 5.75 Å². The van der Waals surface area contributed by atoms with Crippen molar-refractivity contribution in [3.05, 3.63) is 54.6 Å². The zero-order chi connectivity index (χ0) is 20.9. The van der Waals surface area contributed by atoms with Crippen molar-refractivity contribution in [2.24, 2.45) is 0 Å². The summed E-state index contributed by atoms with van der Waals surface area (Å²) in [5.41, 5.74) is 0.530. The van der Waals surface area contributed by atoms with Crippen LogP contribution in [0, 0.1) is 0 Å². The maximum Gasteiger partial charge on any atom is 0.265 e. The first-order valence-corrected chi connectivity index (χ1v) is 11.2. The standard InChI is InChI=1S/C21H27N3O4S/c1-3-20(28-18-7-5-4-6-8-18)21(25)22-17-9-11-19(12-10-17)29(26,27)24-15-13-23(2)14-16-24/h4-12,20H,3,13-16H2,1-2H3,(H,22,25)/t20-/m1/s1. The molecule has 156 valence electrons. The predicted molar refractivity (Wildman–Crippen MR) is 112 cm³/mol. The van der Waals surface area contributed by atoms with Gasteiger partial charge in [0.2, 0.25) is 10.0 Å². The summed E-state index contributed by atoms with van der Waals surface area (Å²) in [4.78, 5) is 14.9. The molecule has 1 N–H and O–H groups in total. The van der Waals surface area contributed by atoms with Crippen LogP contribution in [0.1, 0.15) is 13.3 Å². The number of hydrogen-bond acceptors (Lipinski definition) is 5. The van der Waals surface area contributed by atoms with Crippen LogP contribution in [0.15, 0.2) is 59.5 Å². The normalized spacial score (nSPS) is 16.9. The summed E-state index contributed by atoms with van der Waals surface area (Å²) in [5.74, 6) is 0.356. The van der Waals surface area contributed by atoms with E-state index in [0.717, 1.165) is 0 Å². The third-order valence-electron chi connectivity index (χ3n) is 4.91. The van der Waals surface area contributed by atoms with Crippen LogP contribution in [0.3, 0.4) is 0 Å². The van der Waals surface area contributed by atoms with Crippen molar-refractivity contribution in [2.45, 2.75) is 24.3 Å². The Morgan fingerprint density at radius 3 is 2.24 bits per heavy atom. The third-order valence-corrected chi connectivity index (χ3v) is 6.82. The molecule has 8 heteroatoms. The van der Waals surface area contributed by atoms with Crippen molar-refractivity contribution in [1.29, 1.82) is 0 Å². The number of nitrogens with zero attached hydrogens (tertiary/aromatic N) is 2. The molecule has 1 saturated heterocycles. The van der Waals surface area contributed by atoms with Crippen LogP contribution in [0.5, 0.6) is 5.75 Å². The quantitative estimate of drug-likeness (QED) is 0.749. The molecule has 1 amide bonds. The highest BCUT2D eigenvalue weighted by Gasteiger charge is 2.27. The zero-order valence-electron chi connectivity index (χ0n) is 16.7. The smallest absolute Gasteiger partial charge is 0.265 e. The van der Waals surface area contributed by atoms with Gasteiger partial charge in [-0.2, -0.15) is 4.31 Å². The molecule has 1 aliphatic rings. The molecule has 1 heterocycles. The molecule has 0 aliphatic carbocycles. The van der Waals surface area contributed by atoms with Crippen molar-refractivity contribution < 1.29 is 17.9 Å². The maximum absolute atomic E-state index is 12.8. The Morgan fingerprint density at radius 2 is 1.66 bits per heavy atom. The topological polar surface area (TPSA) is 78.9 Å². The molecule has 1 fully saturated rings. The molecule has 0 aromatic heterocycles. The highest BCUT2D eigenvalue weighted by atomic mass is 32.2. The Hall–Kier alpha value is -2.42. The lowest BCUT2D eigenvalue weighted by Crippen LogP contribution is -2.46. The second kappa shape index (κ2) is 9.39. The van der Waals surface area contributed by atoms with E-state index in [1.54, 1.807) is 24.3 Å².